The van der Waals surface area contributed by atoms with Crippen molar-refractivity contribution in [2.45, 2.75) is 56.7 Å². The standard InChI is InChI=1S/C25H32N6O3S.C5H13OP/c1-17(2)35(32,33)24-7-5-4-6-22(24)28-19-14-25(30-27-16-19)29-21-9-8-20(15-23(21)34-3)31-12-10-18(26)11-13-31;1-4-7(3,6)5-2/h4-9,14-18H,10-13,26H2,1-3H3,(H2,28,29,30);4-5H2,1-3H3. The molecule has 4 N–H and O–H groups in total. The molecule has 0 bridgehead atoms. The van der Waals surface area contributed by atoms with Crippen LogP contribution in [0.4, 0.5) is 28.6 Å². The third-order valence-electron chi connectivity index (χ3n) is 7.44. The van der Waals surface area contributed by atoms with Crippen molar-refractivity contribution in [3.05, 3.63) is 54.7 Å². The molecule has 1 aromatic heterocycles. The van der Waals surface area contributed by atoms with E-state index in [1.807, 2.05) is 38.7 Å². The summed E-state index contributed by atoms with van der Waals surface area (Å²) in [6.45, 7) is 11.0. The van der Waals surface area contributed by atoms with Gasteiger partial charge in [-0.15, -0.1) is 5.10 Å². The molecule has 0 spiro atoms. The fourth-order valence-corrected chi connectivity index (χ4v) is 5.87. The average molecular weight is 617 g/mol. The van der Waals surface area contributed by atoms with Gasteiger partial charge < -0.3 is 30.6 Å². The van der Waals surface area contributed by atoms with Gasteiger partial charge in [-0.3, -0.25) is 0 Å². The van der Waals surface area contributed by atoms with Crippen LogP contribution in [-0.4, -0.2) is 69.1 Å². The Morgan fingerprint density at radius 3 is 2.31 bits per heavy atom. The molecule has 3 aromatic rings. The Balaban J connectivity index is 0.000000616. The Hall–Kier alpha value is -3.14. The highest BCUT2D eigenvalue weighted by molar-refractivity contribution is 7.92. The summed E-state index contributed by atoms with van der Waals surface area (Å²) in [6.07, 6.45) is 5.19. The quantitative estimate of drug-likeness (QED) is 0.229. The monoisotopic (exact) mass is 616 g/mol. The van der Waals surface area contributed by atoms with Crippen LogP contribution >= 0.6 is 7.14 Å². The van der Waals surface area contributed by atoms with Gasteiger partial charge in [0.05, 0.1) is 47.7 Å². The maximum atomic E-state index is 12.8. The molecule has 1 aliphatic heterocycles. The predicted octanol–water partition coefficient (Wildman–Crippen LogP) is 6.10. The molecule has 12 heteroatoms. The molecule has 0 aliphatic carbocycles. The Morgan fingerprint density at radius 2 is 1.71 bits per heavy atom. The Labute approximate surface area is 250 Å². The maximum absolute atomic E-state index is 12.8. The molecule has 230 valence electrons. The smallest absolute Gasteiger partial charge is 0.182 e. The number of nitrogens with zero attached hydrogens (tertiary/aromatic N) is 3. The summed E-state index contributed by atoms with van der Waals surface area (Å²) < 4.78 is 42.1. The van der Waals surface area contributed by atoms with Gasteiger partial charge in [-0.25, -0.2) is 8.42 Å². The van der Waals surface area contributed by atoms with Crippen molar-refractivity contribution in [3.63, 3.8) is 0 Å². The number of aromatic nitrogens is 2. The number of rotatable bonds is 10. The molecule has 42 heavy (non-hydrogen) atoms. The molecule has 1 saturated heterocycles. The average Bonchev–Trinajstić information content (AvgIpc) is 2.98. The van der Waals surface area contributed by atoms with Gasteiger partial charge in [-0.05, 0) is 69.9 Å². The van der Waals surface area contributed by atoms with E-state index >= 15 is 0 Å². The minimum absolute atomic E-state index is 0.247. The number of ether oxygens (including phenoxy) is 1. The van der Waals surface area contributed by atoms with E-state index in [2.05, 4.69) is 25.7 Å². The summed E-state index contributed by atoms with van der Waals surface area (Å²) in [7, 11) is -3.48. The normalized spacial score (nSPS) is 14.2. The second-order valence-corrected chi connectivity index (χ2v) is 17.1. The Morgan fingerprint density at radius 1 is 1.05 bits per heavy atom. The first kappa shape index (κ1) is 33.4. The van der Waals surface area contributed by atoms with Crippen LogP contribution in [0, 0.1) is 0 Å². The Kier molecular flexibility index (Phi) is 11.8. The lowest BCUT2D eigenvalue weighted by atomic mass is 10.1. The number of hydrogen-bond donors (Lipinski definition) is 3. The van der Waals surface area contributed by atoms with E-state index in [0.717, 1.165) is 49.6 Å². The van der Waals surface area contributed by atoms with E-state index in [1.165, 1.54) is 0 Å². The number of nitrogens with two attached hydrogens (primary N) is 1. The molecule has 0 radical (unpaired) electrons. The van der Waals surface area contributed by atoms with Gasteiger partial charge in [-0.1, -0.05) is 26.0 Å². The lowest BCUT2D eigenvalue weighted by molar-refractivity contribution is 0.416. The molecule has 4 rings (SSSR count). The van der Waals surface area contributed by atoms with Crippen molar-refractivity contribution < 1.29 is 17.7 Å². The van der Waals surface area contributed by atoms with Crippen LogP contribution in [0.15, 0.2) is 59.6 Å². The highest BCUT2D eigenvalue weighted by Gasteiger charge is 2.23. The first-order chi connectivity index (χ1) is 19.9. The lowest BCUT2D eigenvalue weighted by Crippen LogP contribution is -2.39. The maximum Gasteiger partial charge on any atom is 0.182 e. The highest BCUT2D eigenvalue weighted by atomic mass is 32.2. The molecule has 1 fully saturated rings. The fourth-order valence-electron chi connectivity index (χ4n) is 4.22. The van der Waals surface area contributed by atoms with Crippen molar-refractivity contribution in [3.8, 4) is 5.75 Å². The van der Waals surface area contributed by atoms with Crippen molar-refractivity contribution >= 4 is 45.5 Å². The molecule has 0 unspecified atom stereocenters. The van der Waals surface area contributed by atoms with Crippen molar-refractivity contribution in [1.29, 1.82) is 0 Å². The molecule has 0 amide bonds. The summed E-state index contributed by atoms with van der Waals surface area (Å²) >= 11 is 0. The van der Waals surface area contributed by atoms with Crippen LogP contribution in [0.2, 0.25) is 0 Å². The first-order valence-electron chi connectivity index (χ1n) is 14.3. The van der Waals surface area contributed by atoms with Gasteiger partial charge >= 0.3 is 0 Å². The predicted molar refractivity (Wildman–Crippen MR) is 174 cm³/mol. The topological polar surface area (TPSA) is 140 Å². The lowest BCUT2D eigenvalue weighted by Gasteiger charge is -2.32. The number of anilines is 5. The fraction of sp³-hybridized carbons (Fsp3) is 0.467. The zero-order valence-electron chi connectivity index (χ0n) is 25.5. The van der Waals surface area contributed by atoms with E-state index in [9.17, 15) is 13.0 Å². The van der Waals surface area contributed by atoms with Gasteiger partial charge in [0.1, 0.15) is 5.75 Å². The SMILES string of the molecule is CCP(C)(=O)CC.COc1cc(N2CCC(N)CC2)ccc1Nc1cc(Nc2ccccc2S(=O)(=O)C(C)C)cnn1. The van der Waals surface area contributed by atoms with E-state index in [4.69, 9.17) is 10.5 Å². The molecule has 2 heterocycles. The van der Waals surface area contributed by atoms with Crippen molar-refractivity contribution in [2.75, 3.05) is 54.7 Å². The summed E-state index contributed by atoms with van der Waals surface area (Å²) in [6, 6.07) is 14.9. The number of hydrogen-bond acceptors (Lipinski definition) is 10. The summed E-state index contributed by atoms with van der Waals surface area (Å²) in [5.41, 5.74) is 8.97. The molecular formula is C30H45N6O4PS. The van der Waals surface area contributed by atoms with Gasteiger partial charge in [0, 0.05) is 37.0 Å². The summed E-state index contributed by atoms with van der Waals surface area (Å²) in [4.78, 5) is 2.56. The van der Waals surface area contributed by atoms with Crippen molar-refractivity contribution in [2.24, 2.45) is 5.73 Å². The van der Waals surface area contributed by atoms with Crippen molar-refractivity contribution in [1.82, 2.24) is 10.2 Å². The molecule has 1 aliphatic rings. The highest BCUT2D eigenvalue weighted by Crippen LogP contribution is 2.39. The van der Waals surface area contributed by atoms with E-state index in [0.29, 0.717) is 22.9 Å². The first-order valence-corrected chi connectivity index (χ1v) is 18.4. The van der Waals surface area contributed by atoms with Gasteiger partial charge in [0.15, 0.2) is 15.7 Å². The van der Waals surface area contributed by atoms with Crippen LogP contribution in [0.25, 0.3) is 0 Å². The minimum atomic E-state index is -3.45. The second-order valence-electron chi connectivity index (χ2n) is 10.8. The second kappa shape index (κ2) is 14.8. The summed E-state index contributed by atoms with van der Waals surface area (Å²) in [5, 5.41) is 14.1. The molecule has 0 saturated carbocycles. The largest absolute Gasteiger partial charge is 0.494 e. The molecule has 0 atom stereocenters. The zero-order valence-corrected chi connectivity index (χ0v) is 27.2. The number of piperidine rings is 1. The summed E-state index contributed by atoms with van der Waals surface area (Å²) in [5.74, 6) is 1.18. The number of benzene rings is 2. The number of methoxy groups -OCH3 is 1. The molecular weight excluding hydrogens is 571 g/mol. The van der Waals surface area contributed by atoms with Crippen LogP contribution < -0.4 is 26.0 Å². The number of para-hydroxylation sites is 1. The minimum Gasteiger partial charge on any atom is -0.494 e. The van der Waals surface area contributed by atoms with Crippen LogP contribution in [-0.2, 0) is 14.4 Å². The van der Waals surface area contributed by atoms with Crippen LogP contribution in [0.1, 0.15) is 40.5 Å². The molecule has 2 aromatic carbocycles. The number of sulfone groups is 1. The third kappa shape index (κ3) is 8.93. The molecule has 10 nitrogen and oxygen atoms in total. The van der Waals surface area contributed by atoms with E-state index in [1.54, 1.807) is 57.5 Å². The number of nitrogens with one attached hydrogen (secondary N) is 2. The Bertz CT molecular complexity index is 1470. The van der Waals surface area contributed by atoms with Gasteiger partial charge in [-0.2, -0.15) is 5.10 Å². The van der Waals surface area contributed by atoms with Crippen LogP contribution in [0.3, 0.4) is 0 Å². The van der Waals surface area contributed by atoms with E-state index < -0.39 is 22.2 Å². The van der Waals surface area contributed by atoms with E-state index in [-0.39, 0.29) is 10.9 Å². The third-order valence-corrected chi connectivity index (χ3v) is 12.3. The van der Waals surface area contributed by atoms with Crippen LogP contribution in [0.5, 0.6) is 5.75 Å². The van der Waals surface area contributed by atoms with Gasteiger partial charge in [0.2, 0.25) is 0 Å². The zero-order chi connectivity index (χ0) is 30.9. The van der Waals surface area contributed by atoms with Gasteiger partial charge in [0.25, 0.3) is 0 Å².